The lowest BCUT2D eigenvalue weighted by atomic mass is 10.0. The smallest absolute Gasteiger partial charge is 0.252 e. The van der Waals surface area contributed by atoms with Gasteiger partial charge < -0.3 is 10.1 Å². The van der Waals surface area contributed by atoms with Gasteiger partial charge >= 0.3 is 0 Å². The van der Waals surface area contributed by atoms with Gasteiger partial charge in [-0.15, -0.1) is 0 Å². The zero-order valence-electron chi connectivity index (χ0n) is 17.5. The number of aromatic nitrogens is 3. The highest BCUT2D eigenvalue weighted by molar-refractivity contribution is 6.31. The van der Waals surface area contributed by atoms with Crippen molar-refractivity contribution in [2.24, 2.45) is 0 Å². The van der Waals surface area contributed by atoms with Gasteiger partial charge in [0.05, 0.1) is 12.6 Å². The summed E-state index contributed by atoms with van der Waals surface area (Å²) in [5.41, 5.74) is 1.42. The number of hydrogen-bond donors (Lipinski definition) is 1. The van der Waals surface area contributed by atoms with Gasteiger partial charge in [-0.2, -0.15) is 20.3 Å². The van der Waals surface area contributed by atoms with E-state index in [9.17, 15) is 10.1 Å². The fraction of sp³-hybridized carbons (Fsp3) is 0.167. The van der Waals surface area contributed by atoms with Gasteiger partial charge in [-0.1, -0.05) is 29.8 Å². The summed E-state index contributed by atoms with van der Waals surface area (Å²) in [7, 11) is 0. The molecule has 0 saturated heterocycles. The molecule has 0 aliphatic heterocycles. The van der Waals surface area contributed by atoms with E-state index in [-0.39, 0.29) is 12.5 Å². The highest BCUT2D eigenvalue weighted by Gasteiger charge is 2.29. The number of rotatable bonds is 6. The molecule has 0 bridgehead atoms. The molecule has 1 N–H and O–H groups in total. The van der Waals surface area contributed by atoms with Crippen LogP contribution in [0.5, 0.6) is 11.5 Å². The Morgan fingerprint density at radius 3 is 2.50 bits per heavy atom. The Hall–Kier alpha value is -3.89. The van der Waals surface area contributed by atoms with Crippen molar-refractivity contribution in [2.75, 3.05) is 0 Å². The summed E-state index contributed by atoms with van der Waals surface area (Å²) in [5.74, 6) is 0.936. The lowest BCUT2D eigenvalue weighted by molar-refractivity contribution is 0.0916. The summed E-state index contributed by atoms with van der Waals surface area (Å²) >= 11 is 6.09. The molecule has 0 spiro atoms. The number of aryl methyl sites for hydroxylation is 1. The zero-order valence-corrected chi connectivity index (χ0v) is 18.3. The normalized spacial score (nSPS) is 12.7. The number of halogens is 1. The van der Waals surface area contributed by atoms with Crippen LogP contribution in [0.3, 0.4) is 0 Å². The van der Waals surface area contributed by atoms with E-state index in [4.69, 9.17) is 16.3 Å². The highest BCUT2D eigenvalue weighted by atomic mass is 35.5. The van der Waals surface area contributed by atoms with E-state index in [1.54, 1.807) is 43.3 Å². The second kappa shape index (κ2) is 8.69. The number of fused-ring (bicyclic) bond motifs is 1. The molecular formula is C24H20ClN5O2. The van der Waals surface area contributed by atoms with Gasteiger partial charge in [-0.05, 0) is 67.9 Å². The maximum Gasteiger partial charge on any atom is 0.252 e. The fourth-order valence-electron chi connectivity index (χ4n) is 3.26. The predicted molar refractivity (Wildman–Crippen MR) is 122 cm³/mol. The van der Waals surface area contributed by atoms with Crippen molar-refractivity contribution in [1.82, 2.24) is 20.3 Å². The number of benzene rings is 3. The lowest BCUT2D eigenvalue weighted by Crippen LogP contribution is -2.48. The molecule has 0 radical (unpaired) electrons. The second-order valence-electron chi connectivity index (χ2n) is 7.66. The fourth-order valence-corrected chi connectivity index (χ4v) is 3.53. The summed E-state index contributed by atoms with van der Waals surface area (Å²) in [6.45, 7) is 3.60. The number of nitrogens with zero attached hydrogens (tertiary/aromatic N) is 4. The Balaban J connectivity index is 1.47. The van der Waals surface area contributed by atoms with Crippen molar-refractivity contribution in [1.29, 1.82) is 5.26 Å². The van der Waals surface area contributed by atoms with Crippen molar-refractivity contribution >= 4 is 28.5 Å². The molecule has 1 heterocycles. The van der Waals surface area contributed by atoms with Crippen molar-refractivity contribution < 1.29 is 9.53 Å². The Labute approximate surface area is 190 Å². The minimum atomic E-state index is -1.22. The first kappa shape index (κ1) is 21.3. The van der Waals surface area contributed by atoms with E-state index in [1.807, 2.05) is 37.3 Å². The molecule has 4 aromatic rings. The topological polar surface area (TPSA) is 92.8 Å². The van der Waals surface area contributed by atoms with E-state index in [0.29, 0.717) is 33.1 Å². The molecule has 1 aromatic heterocycles. The molecule has 4 rings (SSSR count). The molecular weight excluding hydrogens is 426 g/mol. The third-order valence-electron chi connectivity index (χ3n) is 4.87. The first-order valence-electron chi connectivity index (χ1n) is 9.93. The summed E-state index contributed by atoms with van der Waals surface area (Å²) in [6.07, 6.45) is 0. The van der Waals surface area contributed by atoms with Crippen LogP contribution in [0.25, 0.3) is 11.0 Å². The Morgan fingerprint density at radius 1 is 1.12 bits per heavy atom. The van der Waals surface area contributed by atoms with Gasteiger partial charge in [0.25, 0.3) is 5.91 Å². The van der Waals surface area contributed by atoms with Crippen LogP contribution in [0.15, 0.2) is 66.7 Å². The zero-order chi connectivity index (χ0) is 22.7. The number of para-hydroxylation sites is 1. The van der Waals surface area contributed by atoms with E-state index in [2.05, 4.69) is 21.6 Å². The maximum atomic E-state index is 12.8. The Kier molecular flexibility index (Phi) is 5.80. The van der Waals surface area contributed by atoms with E-state index >= 15 is 0 Å². The van der Waals surface area contributed by atoms with Gasteiger partial charge in [0, 0.05) is 10.6 Å². The van der Waals surface area contributed by atoms with Crippen molar-refractivity contribution in [3.05, 3.63) is 82.9 Å². The predicted octanol–water partition coefficient (Wildman–Crippen LogP) is 4.90. The minimum absolute atomic E-state index is 0.0795. The van der Waals surface area contributed by atoms with Crippen LogP contribution in [0, 0.1) is 18.3 Å². The van der Waals surface area contributed by atoms with Gasteiger partial charge in [0.2, 0.25) is 0 Å². The largest absolute Gasteiger partial charge is 0.457 e. The van der Waals surface area contributed by atoms with Crippen LogP contribution in [-0.2, 0) is 6.54 Å². The van der Waals surface area contributed by atoms with Crippen LogP contribution in [0.4, 0.5) is 0 Å². The summed E-state index contributed by atoms with van der Waals surface area (Å²) in [6, 6.07) is 21.8. The third kappa shape index (κ3) is 4.71. The average Bonchev–Trinajstić information content (AvgIpc) is 3.17. The SMILES string of the molecule is Cc1cc(Cl)cc2nn(CC(C)(C#N)NC(=O)c3ccc(Oc4ccccc4)cc3)nc12. The van der Waals surface area contributed by atoms with E-state index in [1.165, 1.54) is 4.80 Å². The molecule has 1 atom stereocenters. The molecule has 160 valence electrons. The summed E-state index contributed by atoms with van der Waals surface area (Å²) < 4.78 is 5.75. The molecule has 0 aliphatic carbocycles. The first-order chi connectivity index (χ1) is 15.3. The van der Waals surface area contributed by atoms with Gasteiger partial charge in [-0.25, -0.2) is 0 Å². The molecule has 8 heteroatoms. The van der Waals surface area contributed by atoms with E-state index < -0.39 is 5.54 Å². The average molecular weight is 446 g/mol. The molecule has 0 saturated carbocycles. The van der Waals surface area contributed by atoms with Crippen LogP contribution >= 0.6 is 11.6 Å². The number of carbonyl (C=O) groups excluding carboxylic acids is 1. The van der Waals surface area contributed by atoms with Crippen LogP contribution in [-0.4, -0.2) is 26.4 Å². The quantitative estimate of drug-likeness (QED) is 0.455. The van der Waals surface area contributed by atoms with Crippen LogP contribution in [0.2, 0.25) is 5.02 Å². The molecule has 1 unspecified atom stereocenters. The van der Waals surface area contributed by atoms with Gasteiger partial charge in [0.1, 0.15) is 28.1 Å². The molecule has 7 nitrogen and oxygen atoms in total. The number of carbonyl (C=O) groups is 1. The molecule has 0 fully saturated rings. The number of hydrogen-bond acceptors (Lipinski definition) is 5. The summed E-state index contributed by atoms with van der Waals surface area (Å²) in [4.78, 5) is 14.2. The number of ether oxygens (including phenoxy) is 1. The lowest BCUT2D eigenvalue weighted by Gasteiger charge is -2.22. The van der Waals surface area contributed by atoms with Crippen molar-refractivity contribution in [3.63, 3.8) is 0 Å². The third-order valence-corrected chi connectivity index (χ3v) is 5.09. The van der Waals surface area contributed by atoms with Crippen molar-refractivity contribution in [2.45, 2.75) is 25.9 Å². The Bertz CT molecular complexity index is 1310. The molecule has 32 heavy (non-hydrogen) atoms. The molecule has 0 aliphatic rings. The van der Waals surface area contributed by atoms with E-state index in [0.717, 1.165) is 5.56 Å². The monoisotopic (exact) mass is 445 g/mol. The minimum Gasteiger partial charge on any atom is -0.457 e. The van der Waals surface area contributed by atoms with Crippen molar-refractivity contribution in [3.8, 4) is 17.6 Å². The number of amides is 1. The maximum absolute atomic E-state index is 12.8. The highest BCUT2D eigenvalue weighted by Crippen LogP contribution is 2.22. The van der Waals surface area contributed by atoms with Gasteiger partial charge in [0.15, 0.2) is 0 Å². The number of nitrogens with one attached hydrogen (secondary N) is 1. The van der Waals surface area contributed by atoms with Gasteiger partial charge in [-0.3, -0.25) is 4.79 Å². The summed E-state index contributed by atoms with van der Waals surface area (Å²) in [5, 5.41) is 21.9. The number of nitriles is 1. The standard InChI is InChI=1S/C24H20ClN5O2/c1-16-12-18(25)13-21-22(16)29-30(28-21)15-24(2,14-26)27-23(31)17-8-10-20(11-9-17)32-19-6-4-3-5-7-19/h3-13H,15H2,1-2H3,(H,27,31). The molecule has 3 aromatic carbocycles. The van der Waals surface area contributed by atoms with Crippen LogP contribution < -0.4 is 10.1 Å². The second-order valence-corrected chi connectivity index (χ2v) is 8.09. The first-order valence-corrected chi connectivity index (χ1v) is 10.3. The van der Waals surface area contributed by atoms with Crippen LogP contribution in [0.1, 0.15) is 22.8 Å². The molecule has 1 amide bonds. The Morgan fingerprint density at radius 2 is 1.81 bits per heavy atom.